The summed E-state index contributed by atoms with van der Waals surface area (Å²) < 4.78 is 12.3. The van der Waals surface area contributed by atoms with Crippen molar-refractivity contribution in [3.63, 3.8) is 0 Å². The molecule has 3 N–H and O–H groups in total. The van der Waals surface area contributed by atoms with Crippen LogP contribution in [-0.4, -0.2) is 69.3 Å². The standard InChI is InChI=1S/C40H57NO8/c1-3-4-5-6-7-8-9-10-11-12-13-14-15-16-17-18-30(42)25-29(27-34(44)45)38(46)48-32-21-22-40(47)33-26-28-19-20-31(43)36-35(28)39(40,37(32)49-36)23-24-41(33)2/h10-11,19-21,29,33,37,43,47H,3-9,12-18,22-27H2,1-2H3,(H,44,45)/b11-10-/t29-,33+,37-,39-,40+/m0/s1. The number of ether oxygens (including phenoxy) is 2. The highest BCUT2D eigenvalue weighted by Gasteiger charge is 2.72. The Labute approximate surface area is 291 Å². The maximum Gasteiger partial charge on any atom is 0.315 e. The maximum atomic E-state index is 13.5. The van der Waals surface area contributed by atoms with Crippen molar-refractivity contribution in [1.82, 2.24) is 4.90 Å². The molecule has 0 saturated carbocycles. The molecule has 1 saturated heterocycles. The molecule has 1 aromatic rings. The van der Waals surface area contributed by atoms with E-state index in [0.717, 1.165) is 43.2 Å². The summed E-state index contributed by atoms with van der Waals surface area (Å²) in [6, 6.07) is 3.29. The predicted molar refractivity (Wildman–Crippen MR) is 188 cm³/mol. The molecule has 270 valence electrons. The van der Waals surface area contributed by atoms with Crippen molar-refractivity contribution in [2.45, 2.75) is 152 Å². The van der Waals surface area contributed by atoms with Crippen LogP contribution >= 0.6 is 0 Å². The van der Waals surface area contributed by atoms with Gasteiger partial charge in [-0.1, -0.05) is 76.5 Å². The van der Waals surface area contributed by atoms with Gasteiger partial charge in [0.1, 0.15) is 11.5 Å². The third-order valence-corrected chi connectivity index (χ3v) is 11.5. The number of ketones is 1. The van der Waals surface area contributed by atoms with Gasteiger partial charge in [0, 0.05) is 30.9 Å². The van der Waals surface area contributed by atoms with E-state index in [1.807, 2.05) is 13.1 Å². The normalized spacial score (nSPS) is 25.8. The summed E-state index contributed by atoms with van der Waals surface area (Å²) in [6.07, 6.45) is 21.5. The molecule has 0 amide bonds. The maximum absolute atomic E-state index is 13.5. The van der Waals surface area contributed by atoms with Gasteiger partial charge in [0.05, 0.1) is 23.4 Å². The molecular formula is C40H57NO8. The second-order valence-corrected chi connectivity index (χ2v) is 14.9. The number of aliphatic carboxylic acids is 1. The summed E-state index contributed by atoms with van der Waals surface area (Å²) in [5, 5.41) is 32.6. The van der Waals surface area contributed by atoms with Crippen molar-refractivity contribution in [3.8, 4) is 11.5 Å². The fourth-order valence-corrected chi connectivity index (χ4v) is 8.86. The number of hydrogen-bond donors (Lipinski definition) is 3. The molecule has 0 unspecified atom stereocenters. The van der Waals surface area contributed by atoms with E-state index in [2.05, 4.69) is 24.0 Å². The Balaban J connectivity index is 1.10. The highest BCUT2D eigenvalue weighted by atomic mass is 16.6. The van der Waals surface area contributed by atoms with Crippen LogP contribution in [0.25, 0.3) is 0 Å². The van der Waals surface area contributed by atoms with Gasteiger partial charge in [0.25, 0.3) is 0 Å². The van der Waals surface area contributed by atoms with Crippen LogP contribution in [0.15, 0.2) is 36.1 Å². The smallest absolute Gasteiger partial charge is 0.315 e. The van der Waals surface area contributed by atoms with E-state index in [0.29, 0.717) is 38.0 Å². The minimum absolute atomic E-state index is 0.0297. The van der Waals surface area contributed by atoms with Gasteiger partial charge in [-0.2, -0.15) is 0 Å². The van der Waals surface area contributed by atoms with Crippen LogP contribution in [0.5, 0.6) is 11.5 Å². The summed E-state index contributed by atoms with van der Waals surface area (Å²) in [7, 11) is 2.00. The van der Waals surface area contributed by atoms with Gasteiger partial charge in [0.15, 0.2) is 17.6 Å². The number of carbonyl (C=O) groups excluding carboxylic acids is 2. The van der Waals surface area contributed by atoms with Gasteiger partial charge < -0.3 is 29.7 Å². The van der Waals surface area contributed by atoms with E-state index in [9.17, 15) is 29.7 Å². The summed E-state index contributed by atoms with van der Waals surface area (Å²) >= 11 is 0. The molecule has 0 radical (unpaired) electrons. The van der Waals surface area contributed by atoms with Crippen molar-refractivity contribution in [3.05, 3.63) is 47.2 Å². The fraction of sp³-hybridized carbons (Fsp3) is 0.675. The first-order valence-electron chi connectivity index (χ1n) is 18.9. The number of likely N-dealkylation sites (tertiary alicyclic amines) is 1. The van der Waals surface area contributed by atoms with Crippen LogP contribution in [-0.2, 0) is 31.0 Å². The number of piperidine rings is 1. The third-order valence-electron chi connectivity index (χ3n) is 11.5. The number of phenolic OH excluding ortho intramolecular Hbond substituents is 1. The van der Waals surface area contributed by atoms with Crippen molar-refractivity contribution in [1.29, 1.82) is 0 Å². The number of esters is 1. The minimum atomic E-state index is -1.20. The Bertz CT molecular complexity index is 1400. The summed E-state index contributed by atoms with van der Waals surface area (Å²) in [5.74, 6) is -2.74. The Morgan fingerprint density at radius 3 is 2.37 bits per heavy atom. The first kappa shape index (κ1) is 37.1. The summed E-state index contributed by atoms with van der Waals surface area (Å²) in [5.41, 5.74) is -0.345. The average molecular weight is 680 g/mol. The van der Waals surface area contributed by atoms with Gasteiger partial charge in [-0.25, -0.2) is 0 Å². The van der Waals surface area contributed by atoms with Crippen LogP contribution in [0.4, 0.5) is 0 Å². The second kappa shape index (κ2) is 16.7. The lowest BCUT2D eigenvalue weighted by Gasteiger charge is -2.61. The average Bonchev–Trinajstić information content (AvgIpc) is 3.43. The summed E-state index contributed by atoms with van der Waals surface area (Å²) in [4.78, 5) is 40.3. The SMILES string of the molecule is CCCCCCCC/C=C\CCCCCCCC(=O)C[C@@H](CC(=O)O)C(=O)OC1=CC[C@@]2(O)[C@H]3Cc4ccc(O)c5c4[C@@]2(CCN3C)[C@H]1O5. The Kier molecular flexibility index (Phi) is 12.6. The quantitative estimate of drug-likeness (QED) is 0.0695. The van der Waals surface area contributed by atoms with Crippen LogP contribution < -0.4 is 4.74 Å². The monoisotopic (exact) mass is 679 g/mol. The van der Waals surface area contributed by atoms with Gasteiger partial charge in [0.2, 0.25) is 0 Å². The number of benzene rings is 1. The lowest BCUT2D eigenvalue weighted by Crippen LogP contribution is -2.74. The number of likely N-dealkylation sites (N-methyl/N-ethyl adjacent to an activating group) is 1. The van der Waals surface area contributed by atoms with Crippen LogP contribution in [0, 0.1) is 5.92 Å². The van der Waals surface area contributed by atoms with E-state index in [1.54, 1.807) is 12.1 Å². The topological polar surface area (TPSA) is 134 Å². The number of hydrogen-bond acceptors (Lipinski definition) is 8. The number of Topliss-reactive ketones (excluding diaryl/α,β-unsaturated/α-hetero) is 1. The minimum Gasteiger partial charge on any atom is -0.504 e. The molecule has 5 rings (SSSR count). The molecule has 9 heteroatoms. The third kappa shape index (κ3) is 7.93. The van der Waals surface area contributed by atoms with Gasteiger partial charge in [-0.05, 0) is 76.2 Å². The molecule has 2 aliphatic carbocycles. The molecular weight excluding hydrogens is 622 g/mol. The molecule has 1 aromatic carbocycles. The van der Waals surface area contributed by atoms with E-state index in [1.165, 1.54) is 44.9 Å². The highest BCUT2D eigenvalue weighted by Crippen LogP contribution is 2.65. The van der Waals surface area contributed by atoms with E-state index in [4.69, 9.17) is 9.47 Å². The van der Waals surface area contributed by atoms with Crippen molar-refractivity contribution < 1.29 is 39.2 Å². The first-order chi connectivity index (χ1) is 23.6. The molecule has 1 fully saturated rings. The van der Waals surface area contributed by atoms with Crippen LogP contribution in [0.3, 0.4) is 0 Å². The number of allylic oxidation sites excluding steroid dienone is 2. The number of phenols is 1. The number of unbranched alkanes of at least 4 members (excludes halogenated alkanes) is 11. The zero-order valence-electron chi connectivity index (χ0n) is 29.6. The molecule has 9 nitrogen and oxygen atoms in total. The van der Waals surface area contributed by atoms with Gasteiger partial charge in [-0.3, -0.25) is 14.4 Å². The molecule has 0 aromatic heterocycles. The number of aliphatic hydroxyl groups is 1. The number of nitrogens with zero attached hydrogens (tertiary/aromatic N) is 1. The highest BCUT2D eigenvalue weighted by molar-refractivity contribution is 5.87. The second-order valence-electron chi connectivity index (χ2n) is 14.9. The molecule has 1 spiro atoms. The fourth-order valence-electron chi connectivity index (χ4n) is 8.86. The van der Waals surface area contributed by atoms with E-state index in [-0.39, 0.29) is 36.2 Å². The molecule has 49 heavy (non-hydrogen) atoms. The molecule has 4 aliphatic rings. The Morgan fingerprint density at radius 2 is 1.67 bits per heavy atom. The van der Waals surface area contributed by atoms with E-state index < -0.39 is 41.4 Å². The zero-order valence-corrected chi connectivity index (χ0v) is 29.6. The molecule has 2 bridgehead atoms. The van der Waals surface area contributed by atoms with Crippen LogP contribution in [0.2, 0.25) is 0 Å². The predicted octanol–water partition coefficient (Wildman–Crippen LogP) is 7.30. The molecule has 5 atom stereocenters. The van der Waals surface area contributed by atoms with Gasteiger partial charge >= 0.3 is 11.9 Å². The molecule has 2 aliphatic heterocycles. The number of carboxylic acid groups (broad SMARTS) is 1. The van der Waals surface area contributed by atoms with Gasteiger partial charge in [-0.15, -0.1) is 0 Å². The Morgan fingerprint density at radius 1 is 1.00 bits per heavy atom. The molecule has 2 heterocycles. The lowest BCUT2D eigenvalue weighted by atomic mass is 9.50. The Hall–Kier alpha value is -3.17. The van der Waals surface area contributed by atoms with Crippen LogP contribution in [0.1, 0.15) is 134 Å². The van der Waals surface area contributed by atoms with E-state index >= 15 is 0 Å². The largest absolute Gasteiger partial charge is 0.504 e. The number of aromatic hydroxyl groups is 1. The lowest BCUT2D eigenvalue weighted by molar-refractivity contribution is -0.171. The summed E-state index contributed by atoms with van der Waals surface area (Å²) in [6.45, 7) is 2.93. The zero-order chi connectivity index (χ0) is 35.0. The van der Waals surface area contributed by atoms with Crippen molar-refractivity contribution in [2.75, 3.05) is 13.6 Å². The number of carboxylic acids is 1. The van der Waals surface area contributed by atoms with Crippen molar-refractivity contribution in [2.24, 2.45) is 5.92 Å². The van der Waals surface area contributed by atoms with Crippen molar-refractivity contribution >= 4 is 17.7 Å². The first-order valence-corrected chi connectivity index (χ1v) is 18.9. The number of rotatable bonds is 21. The number of carbonyl (C=O) groups is 3.